The van der Waals surface area contributed by atoms with E-state index in [1.807, 2.05) is 13.8 Å². The highest BCUT2D eigenvalue weighted by molar-refractivity contribution is 5.97. The van der Waals surface area contributed by atoms with Crippen molar-refractivity contribution in [3.8, 4) is 5.75 Å². The van der Waals surface area contributed by atoms with Crippen LogP contribution in [0.1, 0.15) is 33.4 Å². The number of benzene rings is 2. The Morgan fingerprint density at radius 1 is 1.08 bits per heavy atom. The number of carbonyl (C=O) groups is 1. The summed E-state index contributed by atoms with van der Waals surface area (Å²) in [6, 6.07) is 12.3. The predicted molar refractivity (Wildman–Crippen MR) is 99.3 cm³/mol. The molecule has 0 spiro atoms. The van der Waals surface area contributed by atoms with Gasteiger partial charge in [-0.2, -0.15) is 0 Å². The van der Waals surface area contributed by atoms with Gasteiger partial charge in [0, 0.05) is 12.1 Å². The largest absolute Gasteiger partial charge is 0.497 e. The molecule has 1 heterocycles. The molecule has 26 heavy (non-hydrogen) atoms. The van der Waals surface area contributed by atoms with Crippen LogP contribution in [-0.2, 0) is 0 Å². The van der Waals surface area contributed by atoms with Crippen molar-refractivity contribution in [1.82, 2.24) is 15.3 Å². The second-order valence-electron chi connectivity index (χ2n) is 6.10. The van der Waals surface area contributed by atoms with Gasteiger partial charge in [0.1, 0.15) is 5.75 Å². The first kappa shape index (κ1) is 17.8. The van der Waals surface area contributed by atoms with E-state index in [2.05, 4.69) is 15.3 Å². The zero-order valence-corrected chi connectivity index (χ0v) is 15.0. The van der Waals surface area contributed by atoms with Crippen LogP contribution in [0.2, 0.25) is 0 Å². The maximum absolute atomic E-state index is 12.4. The van der Waals surface area contributed by atoms with Crippen molar-refractivity contribution < 1.29 is 14.6 Å². The standard InChI is InChI=1S/C20H21N3O3/c1-12-13(2)23-18-10-15(6-9-17(18)22-12)20(25)21-11-19(24)14-4-7-16(26-3)8-5-14/h4-10,19,24H,11H2,1-3H3,(H,21,25). The van der Waals surface area contributed by atoms with Crippen molar-refractivity contribution >= 4 is 16.9 Å². The molecule has 0 fully saturated rings. The maximum Gasteiger partial charge on any atom is 0.251 e. The molecule has 1 atom stereocenters. The first-order chi connectivity index (χ1) is 12.5. The fourth-order valence-electron chi connectivity index (χ4n) is 2.61. The molecule has 2 aromatic carbocycles. The molecular weight excluding hydrogens is 330 g/mol. The first-order valence-corrected chi connectivity index (χ1v) is 8.33. The quantitative estimate of drug-likeness (QED) is 0.738. The van der Waals surface area contributed by atoms with E-state index in [1.165, 1.54) is 0 Å². The molecule has 6 heteroatoms. The summed E-state index contributed by atoms with van der Waals surface area (Å²) in [5.74, 6) is 0.451. The summed E-state index contributed by atoms with van der Waals surface area (Å²) in [4.78, 5) is 21.3. The van der Waals surface area contributed by atoms with Crippen molar-refractivity contribution in [3.05, 3.63) is 65.0 Å². The third-order valence-corrected chi connectivity index (χ3v) is 4.29. The Balaban J connectivity index is 1.69. The lowest BCUT2D eigenvalue weighted by Crippen LogP contribution is -2.28. The van der Waals surface area contributed by atoms with Crippen LogP contribution in [0.15, 0.2) is 42.5 Å². The van der Waals surface area contributed by atoms with Crippen molar-refractivity contribution in [3.63, 3.8) is 0 Å². The number of aromatic nitrogens is 2. The Bertz CT molecular complexity index is 939. The molecule has 6 nitrogen and oxygen atoms in total. The molecular formula is C20H21N3O3. The molecule has 0 aliphatic carbocycles. The molecule has 0 radical (unpaired) electrons. The van der Waals surface area contributed by atoms with Gasteiger partial charge >= 0.3 is 0 Å². The monoisotopic (exact) mass is 351 g/mol. The van der Waals surface area contributed by atoms with Gasteiger partial charge in [-0.25, -0.2) is 9.97 Å². The molecule has 0 aliphatic heterocycles. The lowest BCUT2D eigenvalue weighted by Gasteiger charge is -2.13. The molecule has 2 N–H and O–H groups in total. The molecule has 134 valence electrons. The number of methoxy groups -OCH3 is 1. The van der Waals surface area contributed by atoms with Crippen LogP contribution in [-0.4, -0.2) is 34.6 Å². The van der Waals surface area contributed by atoms with Crippen LogP contribution in [0.5, 0.6) is 5.75 Å². The van der Waals surface area contributed by atoms with E-state index in [0.717, 1.165) is 16.9 Å². The Kier molecular flexibility index (Phi) is 5.14. The third-order valence-electron chi connectivity index (χ3n) is 4.29. The number of ether oxygens (including phenoxy) is 1. The zero-order valence-electron chi connectivity index (χ0n) is 15.0. The highest BCUT2D eigenvalue weighted by Gasteiger charge is 2.12. The number of hydrogen-bond acceptors (Lipinski definition) is 5. The minimum Gasteiger partial charge on any atom is -0.497 e. The summed E-state index contributed by atoms with van der Waals surface area (Å²) in [7, 11) is 1.59. The molecule has 1 aromatic heterocycles. The van der Waals surface area contributed by atoms with Crippen molar-refractivity contribution in [2.45, 2.75) is 20.0 Å². The molecule has 3 rings (SSSR count). The highest BCUT2D eigenvalue weighted by Crippen LogP contribution is 2.18. The minimum atomic E-state index is -0.796. The van der Waals surface area contributed by atoms with Gasteiger partial charge in [-0.3, -0.25) is 4.79 Å². The average Bonchev–Trinajstić information content (AvgIpc) is 2.66. The Hall–Kier alpha value is -2.99. The fourth-order valence-corrected chi connectivity index (χ4v) is 2.61. The predicted octanol–water partition coefficient (Wildman–Crippen LogP) is 2.72. The highest BCUT2D eigenvalue weighted by atomic mass is 16.5. The van der Waals surface area contributed by atoms with Gasteiger partial charge in [0.05, 0.1) is 35.6 Å². The average molecular weight is 351 g/mol. The van der Waals surface area contributed by atoms with Crippen LogP contribution < -0.4 is 10.1 Å². The van der Waals surface area contributed by atoms with Crippen LogP contribution in [0.25, 0.3) is 11.0 Å². The third kappa shape index (κ3) is 3.81. The van der Waals surface area contributed by atoms with Crippen LogP contribution in [0.3, 0.4) is 0 Å². The number of nitrogens with one attached hydrogen (secondary N) is 1. The van der Waals surface area contributed by atoms with Crippen molar-refractivity contribution in [2.75, 3.05) is 13.7 Å². The number of amides is 1. The molecule has 1 amide bonds. The molecule has 0 bridgehead atoms. The van der Waals surface area contributed by atoms with Crippen LogP contribution in [0.4, 0.5) is 0 Å². The number of fused-ring (bicyclic) bond motifs is 1. The van der Waals surface area contributed by atoms with E-state index in [1.54, 1.807) is 49.6 Å². The summed E-state index contributed by atoms with van der Waals surface area (Å²) in [5, 5.41) is 13.0. The van der Waals surface area contributed by atoms with E-state index in [4.69, 9.17) is 4.74 Å². The minimum absolute atomic E-state index is 0.113. The van der Waals surface area contributed by atoms with Gasteiger partial charge in [0.15, 0.2) is 0 Å². The number of nitrogens with zero attached hydrogens (tertiary/aromatic N) is 2. The molecule has 0 saturated heterocycles. The van der Waals surface area contributed by atoms with Gasteiger partial charge in [0.25, 0.3) is 5.91 Å². The lowest BCUT2D eigenvalue weighted by molar-refractivity contribution is 0.0916. The van der Waals surface area contributed by atoms with Crippen LogP contribution >= 0.6 is 0 Å². The summed E-state index contributed by atoms with van der Waals surface area (Å²) in [6.07, 6.45) is -0.796. The number of rotatable bonds is 5. The number of aliphatic hydroxyl groups excluding tert-OH is 1. The molecule has 3 aromatic rings. The molecule has 0 aliphatic rings. The number of aryl methyl sites for hydroxylation is 2. The van der Waals surface area contributed by atoms with Gasteiger partial charge in [-0.1, -0.05) is 12.1 Å². The second kappa shape index (κ2) is 7.49. The smallest absolute Gasteiger partial charge is 0.251 e. The number of carbonyl (C=O) groups excluding carboxylic acids is 1. The number of hydrogen-bond donors (Lipinski definition) is 2. The van der Waals surface area contributed by atoms with Crippen molar-refractivity contribution in [2.24, 2.45) is 0 Å². The van der Waals surface area contributed by atoms with E-state index < -0.39 is 6.10 Å². The Morgan fingerprint density at radius 3 is 2.38 bits per heavy atom. The lowest BCUT2D eigenvalue weighted by atomic mass is 10.1. The van der Waals surface area contributed by atoms with E-state index in [0.29, 0.717) is 22.4 Å². The zero-order chi connectivity index (χ0) is 18.7. The van der Waals surface area contributed by atoms with Gasteiger partial charge in [-0.15, -0.1) is 0 Å². The van der Waals surface area contributed by atoms with E-state index >= 15 is 0 Å². The first-order valence-electron chi connectivity index (χ1n) is 8.33. The van der Waals surface area contributed by atoms with Crippen LogP contribution in [0, 0.1) is 13.8 Å². The van der Waals surface area contributed by atoms with Crippen molar-refractivity contribution in [1.29, 1.82) is 0 Å². The Morgan fingerprint density at radius 2 is 1.73 bits per heavy atom. The van der Waals surface area contributed by atoms with Gasteiger partial charge < -0.3 is 15.2 Å². The van der Waals surface area contributed by atoms with E-state index in [-0.39, 0.29) is 12.5 Å². The SMILES string of the molecule is COc1ccc(C(O)CNC(=O)c2ccc3nc(C)c(C)nc3c2)cc1. The molecule has 0 saturated carbocycles. The van der Waals surface area contributed by atoms with Gasteiger partial charge in [-0.05, 0) is 49.7 Å². The topological polar surface area (TPSA) is 84.3 Å². The molecule has 1 unspecified atom stereocenters. The maximum atomic E-state index is 12.4. The normalized spacial score (nSPS) is 12.0. The second-order valence-corrected chi connectivity index (χ2v) is 6.10. The Labute approximate surface area is 151 Å². The summed E-state index contributed by atoms with van der Waals surface area (Å²) < 4.78 is 5.09. The summed E-state index contributed by atoms with van der Waals surface area (Å²) in [5.41, 5.74) is 4.33. The fraction of sp³-hybridized carbons (Fsp3) is 0.250. The summed E-state index contributed by atoms with van der Waals surface area (Å²) >= 11 is 0. The van der Waals surface area contributed by atoms with Gasteiger partial charge in [0.2, 0.25) is 0 Å². The summed E-state index contributed by atoms with van der Waals surface area (Å²) in [6.45, 7) is 3.91. The number of aliphatic hydroxyl groups is 1. The van der Waals surface area contributed by atoms with E-state index in [9.17, 15) is 9.90 Å².